The fourth-order valence-electron chi connectivity index (χ4n) is 4.45. The fraction of sp³-hybridized carbons (Fsp3) is 0.435. The van der Waals surface area contributed by atoms with Crippen molar-refractivity contribution < 1.29 is 22.3 Å². The third-order valence-corrected chi connectivity index (χ3v) is 8.38. The molecule has 7 nitrogen and oxygen atoms in total. The van der Waals surface area contributed by atoms with E-state index in [1.54, 1.807) is 23.1 Å². The van der Waals surface area contributed by atoms with Crippen LogP contribution in [0.1, 0.15) is 12.8 Å². The van der Waals surface area contributed by atoms with E-state index in [0.717, 1.165) is 5.69 Å². The number of hydrogen-bond acceptors (Lipinski definition) is 5. The molecule has 0 unspecified atom stereocenters. The first-order valence-electron chi connectivity index (χ1n) is 10.9. The van der Waals surface area contributed by atoms with Crippen molar-refractivity contribution in [2.75, 3.05) is 51.3 Å². The second-order valence-electron chi connectivity index (χ2n) is 8.29. The average Bonchev–Trinajstić information content (AvgIpc) is 2.84. The molecule has 2 aliphatic heterocycles. The Morgan fingerprint density at radius 3 is 2.42 bits per heavy atom. The average molecular weight is 496 g/mol. The Labute approximate surface area is 198 Å². The van der Waals surface area contributed by atoms with Gasteiger partial charge in [-0.3, -0.25) is 4.79 Å². The molecular formula is C23H27ClFN3O4S. The zero-order valence-electron chi connectivity index (χ0n) is 18.4. The molecule has 0 N–H and O–H groups in total. The molecule has 2 fully saturated rings. The van der Waals surface area contributed by atoms with Gasteiger partial charge in [-0.05, 0) is 55.3 Å². The summed E-state index contributed by atoms with van der Waals surface area (Å²) in [5.41, 5.74) is 0.925. The fourth-order valence-corrected chi connectivity index (χ4v) is 6.39. The third-order valence-electron chi connectivity index (χ3n) is 6.26. The minimum atomic E-state index is -3.86. The molecule has 2 aliphatic rings. The van der Waals surface area contributed by atoms with Crippen molar-refractivity contribution in [1.29, 1.82) is 0 Å². The molecule has 0 aliphatic carbocycles. The summed E-state index contributed by atoms with van der Waals surface area (Å²) in [6.07, 6.45) is 1.25. The van der Waals surface area contributed by atoms with E-state index in [-0.39, 0.29) is 28.9 Å². The normalized spacial score (nSPS) is 20.0. The monoisotopic (exact) mass is 495 g/mol. The molecule has 2 aromatic carbocycles. The lowest BCUT2D eigenvalue weighted by molar-refractivity contribution is -0.137. The lowest BCUT2D eigenvalue weighted by Gasteiger charge is -2.39. The summed E-state index contributed by atoms with van der Waals surface area (Å²) in [4.78, 5) is 17.2. The van der Waals surface area contributed by atoms with Gasteiger partial charge in [0.2, 0.25) is 15.9 Å². The van der Waals surface area contributed by atoms with E-state index in [2.05, 4.69) is 4.90 Å². The summed E-state index contributed by atoms with van der Waals surface area (Å²) in [5.74, 6) is -0.465. The van der Waals surface area contributed by atoms with Gasteiger partial charge in [0.15, 0.2) is 0 Å². The van der Waals surface area contributed by atoms with Crippen LogP contribution < -0.4 is 9.64 Å². The number of carbonyl (C=O) groups is 1. The van der Waals surface area contributed by atoms with Crippen molar-refractivity contribution >= 4 is 33.2 Å². The van der Waals surface area contributed by atoms with Crippen molar-refractivity contribution in [2.24, 2.45) is 5.92 Å². The molecular weight excluding hydrogens is 469 g/mol. The number of nitrogens with zero attached hydrogens (tertiary/aromatic N) is 3. The Hall–Kier alpha value is -2.36. The summed E-state index contributed by atoms with van der Waals surface area (Å²) in [6, 6.07) is 10.8. The van der Waals surface area contributed by atoms with Crippen molar-refractivity contribution in [2.45, 2.75) is 17.7 Å². The molecule has 4 rings (SSSR count). The van der Waals surface area contributed by atoms with Crippen molar-refractivity contribution in [3.63, 3.8) is 0 Å². The zero-order valence-corrected chi connectivity index (χ0v) is 20.0. The third kappa shape index (κ3) is 5.10. The van der Waals surface area contributed by atoms with Crippen LogP contribution in [0.4, 0.5) is 10.1 Å². The number of piperidine rings is 1. The number of sulfonamides is 1. The lowest BCUT2D eigenvalue weighted by Crippen LogP contribution is -2.53. The van der Waals surface area contributed by atoms with E-state index in [1.165, 1.54) is 35.7 Å². The van der Waals surface area contributed by atoms with Gasteiger partial charge in [-0.25, -0.2) is 12.8 Å². The van der Waals surface area contributed by atoms with Gasteiger partial charge in [0.25, 0.3) is 0 Å². The summed E-state index contributed by atoms with van der Waals surface area (Å²) in [5, 5.41) is 0.304. The zero-order chi connectivity index (χ0) is 23.6. The highest BCUT2D eigenvalue weighted by Gasteiger charge is 2.37. The molecule has 2 saturated heterocycles. The van der Waals surface area contributed by atoms with E-state index in [9.17, 15) is 17.6 Å². The molecule has 33 heavy (non-hydrogen) atoms. The molecule has 2 heterocycles. The van der Waals surface area contributed by atoms with Gasteiger partial charge in [-0.1, -0.05) is 11.6 Å². The number of hydrogen-bond donors (Lipinski definition) is 0. The Kier molecular flexibility index (Phi) is 7.11. The number of anilines is 1. The number of benzene rings is 2. The molecule has 0 bridgehead atoms. The van der Waals surface area contributed by atoms with Crippen LogP contribution in [0.15, 0.2) is 47.4 Å². The van der Waals surface area contributed by atoms with E-state index >= 15 is 0 Å². The van der Waals surface area contributed by atoms with Crippen LogP contribution in [0.5, 0.6) is 5.75 Å². The molecule has 10 heteroatoms. The Morgan fingerprint density at radius 2 is 1.76 bits per heavy atom. The van der Waals surface area contributed by atoms with Crippen LogP contribution in [0.3, 0.4) is 0 Å². The Bertz CT molecular complexity index is 1110. The first kappa shape index (κ1) is 23.8. The van der Waals surface area contributed by atoms with Crippen LogP contribution in [-0.2, 0) is 14.8 Å². The summed E-state index contributed by atoms with van der Waals surface area (Å²) >= 11 is 6.04. The molecule has 0 saturated carbocycles. The molecule has 1 amide bonds. The van der Waals surface area contributed by atoms with Crippen LogP contribution in [0.2, 0.25) is 5.02 Å². The first-order chi connectivity index (χ1) is 15.8. The van der Waals surface area contributed by atoms with Gasteiger partial charge >= 0.3 is 0 Å². The van der Waals surface area contributed by atoms with Crippen molar-refractivity contribution in [3.8, 4) is 5.75 Å². The maximum atomic E-state index is 13.3. The standard InChI is InChI=1S/C23H27ClFN3O4S/c1-32-21-9-4-18(24)15-22(21)33(30,31)28-10-2-3-17(16-28)23(29)27-13-11-26(12-14-27)20-7-5-19(25)6-8-20/h4-9,15,17H,2-3,10-14,16H2,1H3/t17-/m0/s1. The summed E-state index contributed by atoms with van der Waals surface area (Å²) in [7, 11) is -2.45. The summed E-state index contributed by atoms with van der Waals surface area (Å²) < 4.78 is 46.4. The molecule has 2 aromatic rings. The quantitative estimate of drug-likeness (QED) is 0.637. The van der Waals surface area contributed by atoms with Crippen LogP contribution in [-0.4, -0.2) is 69.9 Å². The maximum Gasteiger partial charge on any atom is 0.246 e. The smallest absolute Gasteiger partial charge is 0.246 e. The van der Waals surface area contributed by atoms with E-state index in [0.29, 0.717) is 50.6 Å². The molecule has 0 radical (unpaired) electrons. The highest BCUT2D eigenvalue weighted by molar-refractivity contribution is 7.89. The predicted octanol–water partition coefficient (Wildman–Crippen LogP) is 3.24. The number of carbonyl (C=O) groups excluding carboxylic acids is 1. The number of methoxy groups -OCH3 is 1. The first-order valence-corrected chi connectivity index (χ1v) is 12.7. The number of piperazine rings is 1. The highest BCUT2D eigenvalue weighted by atomic mass is 35.5. The van der Waals surface area contributed by atoms with E-state index in [4.69, 9.17) is 16.3 Å². The van der Waals surface area contributed by atoms with Crippen LogP contribution in [0, 0.1) is 11.7 Å². The highest BCUT2D eigenvalue weighted by Crippen LogP contribution is 2.32. The largest absolute Gasteiger partial charge is 0.495 e. The number of halogens is 2. The number of amides is 1. The molecule has 0 spiro atoms. The van der Waals surface area contributed by atoms with E-state index < -0.39 is 15.9 Å². The minimum Gasteiger partial charge on any atom is -0.495 e. The van der Waals surface area contributed by atoms with Gasteiger partial charge in [-0.15, -0.1) is 0 Å². The maximum absolute atomic E-state index is 13.3. The predicted molar refractivity (Wildman–Crippen MR) is 125 cm³/mol. The molecule has 1 atom stereocenters. The second-order valence-corrected chi connectivity index (χ2v) is 10.6. The minimum absolute atomic E-state index is 0.0125. The van der Waals surface area contributed by atoms with Gasteiger partial charge < -0.3 is 14.5 Å². The van der Waals surface area contributed by atoms with E-state index in [1.807, 2.05) is 0 Å². The Balaban J connectivity index is 1.42. The molecule has 178 valence electrons. The van der Waals surface area contributed by atoms with Gasteiger partial charge in [0, 0.05) is 50.0 Å². The number of rotatable bonds is 5. The van der Waals surface area contributed by atoms with Crippen LogP contribution in [0.25, 0.3) is 0 Å². The Morgan fingerprint density at radius 1 is 1.06 bits per heavy atom. The van der Waals surface area contributed by atoms with Crippen molar-refractivity contribution in [3.05, 3.63) is 53.3 Å². The number of ether oxygens (including phenoxy) is 1. The molecule has 0 aromatic heterocycles. The van der Waals surface area contributed by atoms with Crippen LogP contribution >= 0.6 is 11.6 Å². The SMILES string of the molecule is COc1ccc(Cl)cc1S(=O)(=O)N1CCC[C@H](C(=O)N2CCN(c3ccc(F)cc3)CC2)C1. The second kappa shape index (κ2) is 9.87. The van der Waals surface area contributed by atoms with Gasteiger partial charge in [0.05, 0.1) is 13.0 Å². The van der Waals surface area contributed by atoms with Gasteiger partial charge in [0.1, 0.15) is 16.5 Å². The summed E-state index contributed by atoms with van der Waals surface area (Å²) in [6.45, 7) is 2.86. The van der Waals surface area contributed by atoms with Gasteiger partial charge in [-0.2, -0.15) is 4.31 Å². The van der Waals surface area contributed by atoms with Crippen molar-refractivity contribution in [1.82, 2.24) is 9.21 Å². The lowest BCUT2D eigenvalue weighted by atomic mass is 9.97. The topological polar surface area (TPSA) is 70.2 Å².